The third kappa shape index (κ3) is 3.59. The Bertz CT molecular complexity index is 567. The van der Waals surface area contributed by atoms with Gasteiger partial charge in [-0.2, -0.15) is 0 Å². The summed E-state index contributed by atoms with van der Waals surface area (Å²) in [6.07, 6.45) is 1.12. The molecular formula is C13H16N4OS. The van der Waals surface area contributed by atoms with Gasteiger partial charge in [-0.3, -0.25) is 4.79 Å². The lowest BCUT2D eigenvalue weighted by molar-refractivity contribution is -0.115. The molecule has 3 N–H and O–H groups in total. The lowest BCUT2D eigenvalue weighted by Crippen LogP contribution is -2.16. The maximum absolute atomic E-state index is 11.9. The van der Waals surface area contributed by atoms with E-state index in [4.69, 9.17) is 5.73 Å². The van der Waals surface area contributed by atoms with Crippen LogP contribution in [0.2, 0.25) is 0 Å². The maximum Gasteiger partial charge on any atom is 0.230 e. The van der Waals surface area contributed by atoms with Gasteiger partial charge >= 0.3 is 0 Å². The first-order chi connectivity index (χ1) is 9.22. The van der Waals surface area contributed by atoms with Crippen LogP contribution in [-0.4, -0.2) is 16.1 Å². The normalized spacial score (nSPS) is 10.4. The van der Waals surface area contributed by atoms with Gasteiger partial charge in [0.05, 0.1) is 6.42 Å². The van der Waals surface area contributed by atoms with Crippen molar-refractivity contribution in [2.75, 3.05) is 5.32 Å². The van der Waals surface area contributed by atoms with E-state index >= 15 is 0 Å². The smallest absolute Gasteiger partial charge is 0.230 e. The van der Waals surface area contributed by atoms with Crippen molar-refractivity contribution in [3.8, 4) is 0 Å². The second kappa shape index (κ2) is 6.40. The summed E-state index contributed by atoms with van der Waals surface area (Å²) in [6, 6.07) is 7.67. The van der Waals surface area contributed by atoms with Gasteiger partial charge in [0.25, 0.3) is 0 Å². The first-order valence-corrected chi connectivity index (χ1v) is 6.93. The van der Waals surface area contributed by atoms with Crippen LogP contribution in [0.3, 0.4) is 0 Å². The zero-order chi connectivity index (χ0) is 13.7. The van der Waals surface area contributed by atoms with E-state index in [-0.39, 0.29) is 5.91 Å². The highest BCUT2D eigenvalue weighted by Crippen LogP contribution is 2.16. The van der Waals surface area contributed by atoms with Crippen molar-refractivity contribution in [3.05, 3.63) is 40.4 Å². The van der Waals surface area contributed by atoms with Crippen LogP contribution in [0.1, 0.15) is 23.1 Å². The van der Waals surface area contributed by atoms with Crippen molar-refractivity contribution >= 4 is 22.4 Å². The second-order valence-corrected chi connectivity index (χ2v) is 5.11. The van der Waals surface area contributed by atoms with Crippen LogP contribution in [0.4, 0.5) is 5.13 Å². The Hall–Kier alpha value is -1.79. The summed E-state index contributed by atoms with van der Waals surface area (Å²) in [5.74, 6) is -0.0975. The molecule has 0 spiro atoms. The molecule has 0 bridgehead atoms. The van der Waals surface area contributed by atoms with Gasteiger partial charge in [0, 0.05) is 6.54 Å². The minimum absolute atomic E-state index is 0.0975. The minimum atomic E-state index is -0.0975. The molecule has 1 aromatic heterocycles. The molecule has 0 aliphatic carbocycles. The zero-order valence-electron chi connectivity index (χ0n) is 10.7. The summed E-state index contributed by atoms with van der Waals surface area (Å²) in [6.45, 7) is 2.44. The third-order valence-corrected chi connectivity index (χ3v) is 3.69. The highest BCUT2D eigenvalue weighted by atomic mass is 32.1. The van der Waals surface area contributed by atoms with Crippen molar-refractivity contribution in [3.63, 3.8) is 0 Å². The lowest BCUT2D eigenvalue weighted by Gasteiger charge is -2.06. The number of hydrogen-bond acceptors (Lipinski definition) is 5. The van der Waals surface area contributed by atoms with Crippen molar-refractivity contribution < 1.29 is 4.79 Å². The van der Waals surface area contributed by atoms with Gasteiger partial charge in [-0.05, 0) is 17.5 Å². The van der Waals surface area contributed by atoms with Crippen LogP contribution >= 0.6 is 11.3 Å². The number of benzene rings is 1. The van der Waals surface area contributed by atoms with Gasteiger partial charge in [-0.15, -0.1) is 10.2 Å². The quantitative estimate of drug-likeness (QED) is 0.871. The molecule has 100 valence electrons. The number of anilines is 1. The minimum Gasteiger partial charge on any atom is -0.326 e. The molecule has 1 heterocycles. The Kier molecular flexibility index (Phi) is 4.59. The molecule has 5 nitrogen and oxygen atoms in total. The number of hydrogen-bond donors (Lipinski definition) is 2. The van der Waals surface area contributed by atoms with E-state index < -0.39 is 0 Å². The Morgan fingerprint density at radius 1 is 1.32 bits per heavy atom. The van der Waals surface area contributed by atoms with Crippen LogP contribution in [0, 0.1) is 0 Å². The first-order valence-electron chi connectivity index (χ1n) is 6.12. The Balaban J connectivity index is 2.01. The fourth-order valence-electron chi connectivity index (χ4n) is 1.71. The Morgan fingerprint density at radius 2 is 2.05 bits per heavy atom. The summed E-state index contributed by atoms with van der Waals surface area (Å²) in [7, 11) is 0. The van der Waals surface area contributed by atoms with E-state index in [1.807, 2.05) is 31.2 Å². The van der Waals surface area contributed by atoms with E-state index in [1.54, 1.807) is 0 Å². The molecule has 2 aromatic rings. The molecule has 0 radical (unpaired) electrons. The van der Waals surface area contributed by atoms with Crippen LogP contribution in [0.15, 0.2) is 24.3 Å². The van der Waals surface area contributed by atoms with Crippen molar-refractivity contribution in [1.29, 1.82) is 0 Å². The predicted octanol–water partition coefficient (Wildman–Crippen LogP) is 1.74. The topological polar surface area (TPSA) is 80.9 Å². The molecule has 1 aromatic carbocycles. The molecular weight excluding hydrogens is 260 g/mol. The van der Waals surface area contributed by atoms with Gasteiger partial charge < -0.3 is 11.1 Å². The number of nitrogens with two attached hydrogens (primary N) is 1. The molecule has 0 saturated carbocycles. The van der Waals surface area contributed by atoms with E-state index in [2.05, 4.69) is 15.5 Å². The zero-order valence-corrected chi connectivity index (χ0v) is 11.5. The molecule has 0 atom stereocenters. The number of carbonyl (C=O) groups excluding carboxylic acids is 1. The Labute approximate surface area is 115 Å². The van der Waals surface area contributed by atoms with E-state index in [1.165, 1.54) is 11.3 Å². The molecule has 0 saturated heterocycles. The molecule has 2 rings (SSSR count). The molecule has 0 aliphatic rings. The molecule has 0 unspecified atom stereocenters. The van der Waals surface area contributed by atoms with Crippen molar-refractivity contribution in [2.24, 2.45) is 5.73 Å². The molecule has 0 aliphatic heterocycles. The predicted molar refractivity (Wildman–Crippen MR) is 76.0 cm³/mol. The van der Waals surface area contributed by atoms with Gasteiger partial charge in [0.1, 0.15) is 5.01 Å². The summed E-state index contributed by atoms with van der Waals surface area (Å²) in [5.41, 5.74) is 7.59. The molecule has 19 heavy (non-hydrogen) atoms. The average molecular weight is 276 g/mol. The number of nitrogens with one attached hydrogen (secondary N) is 1. The average Bonchev–Trinajstić information content (AvgIpc) is 2.87. The van der Waals surface area contributed by atoms with E-state index in [9.17, 15) is 4.79 Å². The van der Waals surface area contributed by atoms with Crippen LogP contribution in [-0.2, 0) is 24.2 Å². The van der Waals surface area contributed by atoms with E-state index in [0.717, 1.165) is 22.6 Å². The number of rotatable bonds is 5. The van der Waals surface area contributed by atoms with Gasteiger partial charge in [-0.1, -0.05) is 42.5 Å². The van der Waals surface area contributed by atoms with Crippen LogP contribution in [0.25, 0.3) is 0 Å². The number of aryl methyl sites for hydroxylation is 1. The molecule has 6 heteroatoms. The molecule has 0 fully saturated rings. The summed E-state index contributed by atoms with van der Waals surface area (Å²) >= 11 is 1.40. The van der Waals surface area contributed by atoms with Crippen molar-refractivity contribution in [1.82, 2.24) is 10.2 Å². The van der Waals surface area contributed by atoms with Gasteiger partial charge in [0.2, 0.25) is 11.0 Å². The van der Waals surface area contributed by atoms with Gasteiger partial charge in [-0.25, -0.2) is 0 Å². The number of amides is 1. The van der Waals surface area contributed by atoms with Crippen LogP contribution < -0.4 is 11.1 Å². The summed E-state index contributed by atoms with van der Waals surface area (Å²) in [5, 5.41) is 12.1. The SMILES string of the molecule is CCc1nnc(NC(=O)Cc2ccccc2CN)s1. The third-order valence-electron chi connectivity index (χ3n) is 2.70. The number of carbonyl (C=O) groups is 1. The van der Waals surface area contributed by atoms with Gasteiger partial charge in [0.15, 0.2) is 0 Å². The second-order valence-electron chi connectivity index (χ2n) is 4.05. The monoisotopic (exact) mass is 276 g/mol. The van der Waals surface area contributed by atoms with Crippen LogP contribution in [0.5, 0.6) is 0 Å². The standard InChI is InChI=1S/C13H16N4OS/c1-2-12-16-17-13(19-12)15-11(18)7-9-5-3-4-6-10(9)8-14/h3-6H,2,7-8,14H2,1H3,(H,15,17,18). The highest BCUT2D eigenvalue weighted by molar-refractivity contribution is 7.15. The highest BCUT2D eigenvalue weighted by Gasteiger charge is 2.10. The molecule has 1 amide bonds. The first kappa shape index (κ1) is 13.6. The number of aromatic nitrogens is 2. The number of nitrogens with zero attached hydrogens (tertiary/aromatic N) is 2. The fraction of sp³-hybridized carbons (Fsp3) is 0.308. The van der Waals surface area contributed by atoms with E-state index in [0.29, 0.717) is 18.1 Å². The Morgan fingerprint density at radius 3 is 2.68 bits per heavy atom. The van der Waals surface area contributed by atoms with Crippen molar-refractivity contribution in [2.45, 2.75) is 26.3 Å². The summed E-state index contributed by atoms with van der Waals surface area (Å²) in [4.78, 5) is 11.9. The maximum atomic E-state index is 11.9. The summed E-state index contributed by atoms with van der Waals surface area (Å²) < 4.78 is 0. The fourth-order valence-corrected chi connectivity index (χ4v) is 2.41. The largest absolute Gasteiger partial charge is 0.326 e. The lowest BCUT2D eigenvalue weighted by atomic mass is 10.0.